The first kappa shape index (κ1) is 28.3. The number of aliphatic hydroxyl groups excluding tert-OH is 1. The van der Waals surface area contributed by atoms with Crippen molar-refractivity contribution in [1.29, 1.82) is 0 Å². The molecule has 0 unspecified atom stereocenters. The molecule has 0 amide bonds. The Morgan fingerprint density at radius 3 is 2.24 bits per heavy atom. The molecule has 0 aromatic heterocycles. The molecule has 0 saturated carbocycles. The Morgan fingerprint density at radius 1 is 0.895 bits per heavy atom. The molecule has 0 aliphatic heterocycles. The summed E-state index contributed by atoms with van der Waals surface area (Å²) in [5.74, 6) is -1.20. The molecular weight excluding hydrogens is 540 g/mol. The molecule has 3 aromatic rings. The van der Waals surface area contributed by atoms with E-state index in [4.69, 9.17) is 21.3 Å². The summed E-state index contributed by atoms with van der Waals surface area (Å²) >= 11 is 0. The van der Waals surface area contributed by atoms with Gasteiger partial charge in [-0.15, -0.1) is 15.3 Å². The van der Waals surface area contributed by atoms with Gasteiger partial charge in [0.15, 0.2) is 9.84 Å². The monoisotopic (exact) mass is 562 g/mol. The molecule has 3 rings (SSSR count). The molecule has 14 nitrogen and oxygen atoms in total. The van der Waals surface area contributed by atoms with E-state index in [0.717, 1.165) is 6.07 Å². The number of anilines is 2. The van der Waals surface area contributed by atoms with Crippen LogP contribution in [0.2, 0.25) is 0 Å². The Labute approximate surface area is 217 Å². The third-order valence-electron chi connectivity index (χ3n) is 4.97. The Morgan fingerprint density at radius 2 is 1.58 bits per heavy atom. The van der Waals surface area contributed by atoms with Crippen LogP contribution in [0.5, 0.6) is 0 Å². The predicted octanol–water partition coefficient (Wildman–Crippen LogP) is 3.48. The minimum atomic E-state index is -4.88. The molecule has 6 N–H and O–H groups in total. The number of nitrogen functional groups attached to an aromatic ring is 2. The van der Waals surface area contributed by atoms with Gasteiger partial charge in [0.05, 0.1) is 47.0 Å². The van der Waals surface area contributed by atoms with Crippen LogP contribution in [0.4, 0.5) is 34.1 Å². The number of esters is 1. The number of rotatable bonds is 9. The van der Waals surface area contributed by atoms with Crippen LogP contribution in [0.3, 0.4) is 0 Å². The number of sulfone groups is 1. The lowest BCUT2D eigenvalue weighted by Gasteiger charge is -2.10. The van der Waals surface area contributed by atoms with Crippen molar-refractivity contribution >= 4 is 60.0 Å². The number of azo groups is 2. The van der Waals surface area contributed by atoms with E-state index in [1.807, 2.05) is 0 Å². The fourth-order valence-corrected chi connectivity index (χ4v) is 4.80. The average Bonchev–Trinajstić information content (AvgIpc) is 2.87. The van der Waals surface area contributed by atoms with E-state index in [1.54, 1.807) is 12.1 Å². The Kier molecular flexibility index (Phi) is 8.52. The first-order chi connectivity index (χ1) is 17.9. The predicted molar refractivity (Wildman–Crippen MR) is 137 cm³/mol. The Bertz CT molecular complexity index is 1650. The number of ether oxygens (including phenoxy) is 1. The molecular formula is C22H22N6O8S2. The van der Waals surface area contributed by atoms with Gasteiger partial charge < -0.3 is 21.3 Å². The summed E-state index contributed by atoms with van der Waals surface area (Å²) in [5.41, 5.74) is 10.7. The van der Waals surface area contributed by atoms with E-state index in [-0.39, 0.29) is 38.9 Å². The number of hydrogen-bond donors (Lipinski definition) is 4. The second kappa shape index (κ2) is 11.4. The topological polar surface area (TPSA) is 237 Å². The van der Waals surface area contributed by atoms with Gasteiger partial charge in [-0.2, -0.15) is 13.5 Å². The highest BCUT2D eigenvalue weighted by Gasteiger charge is 2.23. The fourth-order valence-electron chi connectivity index (χ4n) is 3.10. The number of nitrogens with zero attached hydrogens (tertiary/aromatic N) is 4. The van der Waals surface area contributed by atoms with Gasteiger partial charge in [-0.1, -0.05) is 18.2 Å². The van der Waals surface area contributed by atoms with Crippen molar-refractivity contribution in [2.75, 3.05) is 30.9 Å². The maximum atomic E-state index is 12.2. The number of carbonyl (C=O) groups is 1. The summed E-state index contributed by atoms with van der Waals surface area (Å²) < 4.78 is 62.7. The zero-order valence-electron chi connectivity index (χ0n) is 19.7. The van der Waals surface area contributed by atoms with E-state index in [0.29, 0.717) is 0 Å². The van der Waals surface area contributed by atoms with Crippen LogP contribution in [0.25, 0.3) is 0 Å². The minimum absolute atomic E-state index is 0.0373. The maximum absolute atomic E-state index is 12.2. The first-order valence-electron chi connectivity index (χ1n) is 10.5. The number of aliphatic hydroxyl groups is 1. The highest BCUT2D eigenvalue weighted by molar-refractivity contribution is 7.91. The second-order valence-electron chi connectivity index (χ2n) is 7.49. The highest BCUT2D eigenvalue weighted by atomic mass is 32.2. The van der Waals surface area contributed by atoms with E-state index >= 15 is 0 Å². The SMILES string of the molecule is COC(=O)c1ccccc1N=Nc1cc(S(=O)(=O)O)c(N)c(N=Nc2cccc(S(=O)(=O)CCO)c2)c1N. The average molecular weight is 563 g/mol. The van der Waals surface area contributed by atoms with Crippen molar-refractivity contribution < 1.29 is 36.0 Å². The fraction of sp³-hybridized carbons (Fsp3) is 0.136. The lowest BCUT2D eigenvalue weighted by molar-refractivity contribution is 0.0601. The first-order valence-corrected chi connectivity index (χ1v) is 13.6. The van der Waals surface area contributed by atoms with Gasteiger partial charge in [0, 0.05) is 0 Å². The van der Waals surface area contributed by atoms with Crippen molar-refractivity contribution in [3.63, 3.8) is 0 Å². The summed E-state index contributed by atoms with van der Waals surface area (Å²) in [6.45, 7) is -0.578. The van der Waals surface area contributed by atoms with Gasteiger partial charge in [-0.25, -0.2) is 13.2 Å². The van der Waals surface area contributed by atoms with Crippen LogP contribution in [0.1, 0.15) is 10.4 Å². The lowest BCUT2D eigenvalue weighted by atomic mass is 10.2. The van der Waals surface area contributed by atoms with Gasteiger partial charge >= 0.3 is 5.97 Å². The molecule has 0 aliphatic carbocycles. The molecule has 0 fully saturated rings. The summed E-state index contributed by atoms with van der Waals surface area (Å²) in [6, 6.07) is 12.2. The maximum Gasteiger partial charge on any atom is 0.340 e. The molecule has 38 heavy (non-hydrogen) atoms. The molecule has 0 atom stereocenters. The van der Waals surface area contributed by atoms with E-state index < -0.39 is 48.9 Å². The van der Waals surface area contributed by atoms with Crippen LogP contribution in [-0.4, -0.2) is 51.9 Å². The smallest absolute Gasteiger partial charge is 0.340 e. The Balaban J connectivity index is 2.12. The summed E-state index contributed by atoms with van der Waals surface area (Å²) in [4.78, 5) is 11.1. The van der Waals surface area contributed by atoms with Crippen LogP contribution < -0.4 is 11.5 Å². The van der Waals surface area contributed by atoms with Gasteiger partial charge in [0.2, 0.25) is 0 Å². The standard InChI is InChI=1S/C22H22N6O8S2/c1-36-22(30)15-7-2-3-8-16(15)26-27-17-12-18(38(33,34)35)20(24)21(19(17)23)28-25-13-5-4-6-14(11-13)37(31,32)10-9-29/h2-8,11-12,29H,9-10,23-24H2,1H3,(H,33,34,35). The number of benzene rings is 3. The van der Waals surface area contributed by atoms with E-state index in [1.165, 1.54) is 43.5 Å². The normalized spacial score (nSPS) is 12.3. The molecule has 0 radical (unpaired) electrons. The van der Waals surface area contributed by atoms with Crippen LogP contribution in [-0.2, 0) is 24.7 Å². The Hall–Kier alpha value is -4.25. The number of nitrogens with two attached hydrogens (primary N) is 2. The zero-order valence-corrected chi connectivity index (χ0v) is 21.3. The van der Waals surface area contributed by atoms with E-state index in [9.17, 15) is 26.2 Å². The van der Waals surface area contributed by atoms with Crippen molar-refractivity contribution in [3.8, 4) is 0 Å². The number of carbonyl (C=O) groups excluding carboxylic acids is 1. The van der Waals surface area contributed by atoms with Gasteiger partial charge in [-0.05, 0) is 36.4 Å². The quantitative estimate of drug-likeness (QED) is 0.128. The van der Waals surface area contributed by atoms with E-state index in [2.05, 4.69) is 20.5 Å². The molecule has 0 bridgehead atoms. The minimum Gasteiger partial charge on any atom is -0.465 e. The molecule has 0 spiro atoms. The summed E-state index contributed by atoms with van der Waals surface area (Å²) in [7, 11) is -7.48. The molecule has 0 saturated heterocycles. The van der Waals surface area contributed by atoms with Crippen molar-refractivity contribution in [2.24, 2.45) is 20.5 Å². The molecule has 0 aliphatic rings. The van der Waals surface area contributed by atoms with Gasteiger partial charge in [0.25, 0.3) is 10.1 Å². The third-order valence-corrected chi connectivity index (χ3v) is 7.56. The molecule has 16 heteroatoms. The molecule has 3 aromatic carbocycles. The van der Waals surface area contributed by atoms with Crippen LogP contribution in [0, 0.1) is 0 Å². The van der Waals surface area contributed by atoms with Crippen LogP contribution in [0.15, 0.2) is 84.8 Å². The second-order valence-corrected chi connectivity index (χ2v) is 11.0. The highest BCUT2D eigenvalue weighted by Crippen LogP contribution is 2.43. The molecule has 200 valence electrons. The lowest BCUT2D eigenvalue weighted by Crippen LogP contribution is -2.09. The summed E-state index contributed by atoms with van der Waals surface area (Å²) in [6.07, 6.45) is 0. The van der Waals surface area contributed by atoms with Crippen molar-refractivity contribution in [1.82, 2.24) is 0 Å². The van der Waals surface area contributed by atoms with Crippen LogP contribution >= 0.6 is 0 Å². The number of methoxy groups -OCH3 is 1. The zero-order chi connectivity index (χ0) is 28.1. The van der Waals surface area contributed by atoms with Gasteiger partial charge in [0.1, 0.15) is 22.0 Å². The van der Waals surface area contributed by atoms with Crippen molar-refractivity contribution in [2.45, 2.75) is 9.79 Å². The summed E-state index contributed by atoms with van der Waals surface area (Å²) in [5, 5.41) is 24.6. The van der Waals surface area contributed by atoms with Gasteiger partial charge in [-0.3, -0.25) is 4.55 Å². The third kappa shape index (κ3) is 6.35. The number of hydrogen-bond acceptors (Lipinski definition) is 13. The van der Waals surface area contributed by atoms with Crippen molar-refractivity contribution in [3.05, 3.63) is 60.2 Å². The largest absolute Gasteiger partial charge is 0.465 e. The molecule has 0 heterocycles.